The number of nitrogens with zero attached hydrogens (tertiary/aromatic N) is 2. The minimum atomic E-state index is -0.164. The van der Waals surface area contributed by atoms with Gasteiger partial charge in [-0.3, -0.25) is 14.4 Å². The molecule has 1 saturated heterocycles. The van der Waals surface area contributed by atoms with Crippen LogP contribution in [0.15, 0.2) is 24.3 Å². The lowest BCUT2D eigenvalue weighted by atomic mass is 9.84. The minimum Gasteiger partial charge on any atom is -0.339 e. The fourth-order valence-corrected chi connectivity index (χ4v) is 3.16. The Hall–Kier alpha value is -2.37. The predicted molar refractivity (Wildman–Crippen MR) is 90.6 cm³/mol. The van der Waals surface area contributed by atoms with Gasteiger partial charge in [0.05, 0.1) is 0 Å². The highest BCUT2D eigenvalue weighted by Crippen LogP contribution is 2.28. The van der Waals surface area contributed by atoms with Gasteiger partial charge in [0.1, 0.15) is 0 Å². The van der Waals surface area contributed by atoms with Crippen molar-refractivity contribution in [2.45, 2.75) is 26.2 Å². The van der Waals surface area contributed by atoms with Crippen molar-refractivity contribution in [3.8, 4) is 0 Å². The van der Waals surface area contributed by atoms with Gasteiger partial charge in [0.15, 0.2) is 0 Å². The van der Waals surface area contributed by atoms with E-state index in [0.29, 0.717) is 37.4 Å². The highest BCUT2D eigenvalue weighted by molar-refractivity contribution is 5.97. The van der Waals surface area contributed by atoms with Gasteiger partial charge in [-0.2, -0.15) is 0 Å². The molecule has 2 aliphatic rings. The second-order valence-electron chi connectivity index (χ2n) is 6.51. The van der Waals surface area contributed by atoms with Crippen LogP contribution in [0.5, 0.6) is 0 Å². The van der Waals surface area contributed by atoms with Crippen LogP contribution in [0, 0.1) is 5.92 Å². The number of anilines is 1. The topological polar surface area (TPSA) is 69.7 Å². The zero-order valence-electron chi connectivity index (χ0n) is 14.0. The molecule has 1 aliphatic heterocycles. The van der Waals surface area contributed by atoms with Crippen LogP contribution >= 0.6 is 0 Å². The molecule has 128 valence electrons. The second kappa shape index (κ2) is 7.03. The summed E-state index contributed by atoms with van der Waals surface area (Å²) in [4.78, 5) is 39.7. The summed E-state index contributed by atoms with van der Waals surface area (Å²) in [5.74, 6) is 0.239. The number of piperazine rings is 1. The van der Waals surface area contributed by atoms with Crippen molar-refractivity contribution in [3.05, 3.63) is 29.8 Å². The maximum atomic E-state index is 12.6. The Morgan fingerprint density at radius 1 is 1.04 bits per heavy atom. The standard InChI is InChI=1S/C18H23N3O3/c1-13(22)19-16-7-3-6-15(12-16)18(24)21-10-8-20(9-11-21)17(23)14-4-2-5-14/h3,6-7,12,14H,2,4-5,8-11H2,1H3,(H,19,22). The Bertz CT molecular complexity index is 647. The van der Waals surface area contributed by atoms with E-state index in [9.17, 15) is 14.4 Å². The summed E-state index contributed by atoms with van der Waals surface area (Å²) in [6.07, 6.45) is 3.17. The molecule has 0 atom stereocenters. The Labute approximate surface area is 141 Å². The van der Waals surface area contributed by atoms with Crippen LogP contribution < -0.4 is 5.32 Å². The predicted octanol–water partition coefficient (Wildman–Crippen LogP) is 1.73. The molecule has 1 aromatic rings. The first-order valence-electron chi connectivity index (χ1n) is 8.50. The van der Waals surface area contributed by atoms with Crippen LogP contribution in [-0.4, -0.2) is 53.7 Å². The van der Waals surface area contributed by atoms with Crippen LogP contribution in [-0.2, 0) is 9.59 Å². The van der Waals surface area contributed by atoms with Crippen LogP contribution in [0.3, 0.4) is 0 Å². The smallest absolute Gasteiger partial charge is 0.254 e. The number of rotatable bonds is 3. The van der Waals surface area contributed by atoms with Crippen molar-refractivity contribution in [2.24, 2.45) is 5.92 Å². The van der Waals surface area contributed by atoms with E-state index < -0.39 is 0 Å². The number of nitrogens with one attached hydrogen (secondary N) is 1. The maximum absolute atomic E-state index is 12.6. The van der Waals surface area contributed by atoms with Crippen LogP contribution in [0.2, 0.25) is 0 Å². The van der Waals surface area contributed by atoms with Crippen molar-refractivity contribution >= 4 is 23.4 Å². The van der Waals surface area contributed by atoms with Gasteiger partial charge in [0.2, 0.25) is 11.8 Å². The van der Waals surface area contributed by atoms with E-state index in [1.807, 2.05) is 4.90 Å². The lowest BCUT2D eigenvalue weighted by Gasteiger charge is -2.38. The first-order valence-corrected chi connectivity index (χ1v) is 8.50. The number of hydrogen-bond donors (Lipinski definition) is 1. The van der Waals surface area contributed by atoms with E-state index in [2.05, 4.69) is 5.32 Å². The van der Waals surface area contributed by atoms with Crippen molar-refractivity contribution in [1.29, 1.82) is 0 Å². The third-order valence-corrected chi connectivity index (χ3v) is 4.76. The van der Waals surface area contributed by atoms with Gasteiger partial charge in [-0.15, -0.1) is 0 Å². The molecule has 1 aliphatic carbocycles. The lowest BCUT2D eigenvalue weighted by Crippen LogP contribution is -2.52. The van der Waals surface area contributed by atoms with E-state index in [1.165, 1.54) is 6.92 Å². The van der Waals surface area contributed by atoms with Gasteiger partial charge < -0.3 is 15.1 Å². The number of carbonyl (C=O) groups is 3. The summed E-state index contributed by atoms with van der Waals surface area (Å²) in [5.41, 5.74) is 1.17. The molecule has 0 aromatic heterocycles. The average Bonchev–Trinajstić information content (AvgIpc) is 2.52. The highest BCUT2D eigenvalue weighted by Gasteiger charge is 2.32. The third-order valence-electron chi connectivity index (χ3n) is 4.76. The van der Waals surface area contributed by atoms with Gasteiger partial charge >= 0.3 is 0 Å². The fraction of sp³-hybridized carbons (Fsp3) is 0.500. The Morgan fingerprint density at radius 3 is 2.29 bits per heavy atom. The molecule has 1 heterocycles. The molecule has 3 amide bonds. The van der Waals surface area contributed by atoms with Crippen LogP contribution in [0.1, 0.15) is 36.5 Å². The largest absolute Gasteiger partial charge is 0.339 e. The fourth-order valence-electron chi connectivity index (χ4n) is 3.16. The number of carbonyl (C=O) groups excluding carboxylic acids is 3. The van der Waals surface area contributed by atoms with Crippen LogP contribution in [0.4, 0.5) is 5.69 Å². The second-order valence-corrected chi connectivity index (χ2v) is 6.51. The highest BCUT2D eigenvalue weighted by atomic mass is 16.2. The first-order chi connectivity index (χ1) is 11.5. The zero-order valence-corrected chi connectivity index (χ0v) is 14.0. The molecule has 6 heteroatoms. The number of hydrogen-bond acceptors (Lipinski definition) is 3. The third kappa shape index (κ3) is 3.58. The normalized spacial score (nSPS) is 18.0. The molecule has 1 N–H and O–H groups in total. The van der Waals surface area contributed by atoms with Crippen molar-refractivity contribution in [2.75, 3.05) is 31.5 Å². The van der Waals surface area contributed by atoms with Crippen molar-refractivity contribution < 1.29 is 14.4 Å². The van der Waals surface area contributed by atoms with Crippen LogP contribution in [0.25, 0.3) is 0 Å². The summed E-state index contributed by atoms with van der Waals surface area (Å²) in [7, 11) is 0. The lowest BCUT2D eigenvalue weighted by molar-refractivity contribution is -0.139. The average molecular weight is 329 g/mol. The molecule has 24 heavy (non-hydrogen) atoms. The molecular weight excluding hydrogens is 306 g/mol. The molecule has 0 radical (unpaired) electrons. The van der Waals surface area contributed by atoms with E-state index in [4.69, 9.17) is 0 Å². The Kier molecular flexibility index (Phi) is 4.83. The van der Waals surface area contributed by atoms with Crippen molar-refractivity contribution in [3.63, 3.8) is 0 Å². The number of benzene rings is 1. The van der Waals surface area contributed by atoms with E-state index in [0.717, 1.165) is 19.3 Å². The number of amides is 3. The molecule has 1 aromatic carbocycles. The van der Waals surface area contributed by atoms with Gasteiger partial charge in [-0.1, -0.05) is 12.5 Å². The van der Waals surface area contributed by atoms with Gasteiger partial charge in [0, 0.05) is 50.3 Å². The van der Waals surface area contributed by atoms with Crippen molar-refractivity contribution in [1.82, 2.24) is 9.80 Å². The Morgan fingerprint density at radius 2 is 1.71 bits per heavy atom. The molecule has 0 bridgehead atoms. The molecule has 6 nitrogen and oxygen atoms in total. The van der Waals surface area contributed by atoms with Gasteiger partial charge in [-0.25, -0.2) is 0 Å². The summed E-state index contributed by atoms with van der Waals surface area (Å²) in [5, 5.41) is 2.69. The molecule has 2 fully saturated rings. The quantitative estimate of drug-likeness (QED) is 0.918. The van der Waals surface area contributed by atoms with E-state index in [1.54, 1.807) is 29.2 Å². The Balaban J connectivity index is 1.58. The minimum absolute atomic E-state index is 0.0575. The zero-order chi connectivity index (χ0) is 17.1. The van der Waals surface area contributed by atoms with E-state index >= 15 is 0 Å². The molecule has 0 spiro atoms. The van der Waals surface area contributed by atoms with E-state index in [-0.39, 0.29) is 23.6 Å². The molecule has 3 rings (SSSR count). The van der Waals surface area contributed by atoms with Gasteiger partial charge in [0.25, 0.3) is 5.91 Å². The molecular formula is C18H23N3O3. The summed E-state index contributed by atoms with van der Waals surface area (Å²) in [6.45, 7) is 3.76. The SMILES string of the molecule is CC(=O)Nc1cccc(C(=O)N2CCN(C(=O)C3CCC3)CC2)c1. The molecule has 1 saturated carbocycles. The first kappa shape index (κ1) is 16.5. The summed E-state index contributed by atoms with van der Waals surface area (Å²) < 4.78 is 0. The summed E-state index contributed by atoms with van der Waals surface area (Å²) in [6, 6.07) is 6.96. The summed E-state index contributed by atoms with van der Waals surface area (Å²) >= 11 is 0. The molecule has 0 unspecified atom stereocenters. The van der Waals surface area contributed by atoms with Gasteiger partial charge in [-0.05, 0) is 31.0 Å². The maximum Gasteiger partial charge on any atom is 0.254 e. The monoisotopic (exact) mass is 329 g/mol.